The molecule has 0 aromatic rings. The van der Waals surface area contributed by atoms with E-state index in [-0.39, 0.29) is 12.6 Å². The number of nitrogens with one attached hydrogen (secondary N) is 1. The summed E-state index contributed by atoms with van der Waals surface area (Å²) in [6.07, 6.45) is 5.05. The lowest BCUT2D eigenvalue weighted by molar-refractivity contribution is -0.141. The Labute approximate surface area is 97.4 Å². The van der Waals surface area contributed by atoms with E-state index in [9.17, 15) is 4.79 Å². The van der Waals surface area contributed by atoms with E-state index in [1.54, 1.807) is 0 Å². The molecule has 16 heavy (non-hydrogen) atoms. The first-order valence-electron chi connectivity index (χ1n) is 6.16. The van der Waals surface area contributed by atoms with E-state index in [1.165, 1.54) is 19.3 Å². The molecular formula is C12H23NO3. The van der Waals surface area contributed by atoms with Crippen molar-refractivity contribution in [3.63, 3.8) is 0 Å². The molecule has 1 aliphatic carbocycles. The molecule has 94 valence electrons. The number of aliphatic carboxylic acids is 1. The van der Waals surface area contributed by atoms with Crippen molar-refractivity contribution in [3.05, 3.63) is 0 Å². The number of rotatable bonds is 8. The van der Waals surface area contributed by atoms with Crippen LogP contribution < -0.4 is 5.32 Å². The van der Waals surface area contributed by atoms with Crippen LogP contribution in [-0.2, 0) is 9.53 Å². The normalized spacial score (nSPS) is 18.4. The summed E-state index contributed by atoms with van der Waals surface area (Å²) in [5, 5.41) is 11.9. The largest absolute Gasteiger partial charge is 0.480 e. The second-order valence-corrected chi connectivity index (χ2v) is 4.87. The van der Waals surface area contributed by atoms with Crippen molar-refractivity contribution >= 4 is 5.97 Å². The van der Waals surface area contributed by atoms with Gasteiger partial charge in [-0.05, 0) is 12.3 Å². The fourth-order valence-electron chi connectivity index (χ4n) is 1.83. The smallest absolute Gasteiger partial charge is 0.323 e. The monoisotopic (exact) mass is 229 g/mol. The van der Waals surface area contributed by atoms with Gasteiger partial charge < -0.3 is 15.2 Å². The predicted octanol–water partition coefficient (Wildman–Crippen LogP) is 1.64. The van der Waals surface area contributed by atoms with Crippen LogP contribution in [-0.4, -0.2) is 36.4 Å². The first-order valence-corrected chi connectivity index (χ1v) is 6.16. The lowest BCUT2D eigenvalue weighted by Gasteiger charge is -2.25. The van der Waals surface area contributed by atoms with Gasteiger partial charge in [0.05, 0.1) is 6.61 Å². The number of ether oxygens (including phenoxy) is 1. The molecule has 1 fully saturated rings. The zero-order valence-corrected chi connectivity index (χ0v) is 10.2. The SMILES string of the molecule is CC(C)NC(COCCC1CCC1)C(=O)O. The topological polar surface area (TPSA) is 58.6 Å². The van der Waals surface area contributed by atoms with Gasteiger partial charge in [0.15, 0.2) is 0 Å². The van der Waals surface area contributed by atoms with Crippen molar-refractivity contribution in [1.82, 2.24) is 5.32 Å². The van der Waals surface area contributed by atoms with Crippen molar-refractivity contribution in [3.8, 4) is 0 Å². The molecule has 0 aromatic heterocycles. The molecule has 0 bridgehead atoms. The first kappa shape index (κ1) is 13.5. The van der Waals surface area contributed by atoms with Crippen molar-refractivity contribution < 1.29 is 14.6 Å². The van der Waals surface area contributed by atoms with Crippen molar-refractivity contribution in [2.45, 2.75) is 51.6 Å². The summed E-state index contributed by atoms with van der Waals surface area (Å²) >= 11 is 0. The van der Waals surface area contributed by atoms with Crippen LogP contribution in [0.15, 0.2) is 0 Å². The summed E-state index contributed by atoms with van der Waals surface area (Å²) in [6, 6.07) is -0.419. The van der Waals surface area contributed by atoms with E-state index >= 15 is 0 Å². The van der Waals surface area contributed by atoms with Crippen molar-refractivity contribution in [2.75, 3.05) is 13.2 Å². The van der Waals surface area contributed by atoms with Gasteiger partial charge in [-0.2, -0.15) is 0 Å². The summed E-state index contributed by atoms with van der Waals surface area (Å²) in [4.78, 5) is 10.9. The van der Waals surface area contributed by atoms with E-state index in [1.807, 2.05) is 13.8 Å². The molecule has 1 saturated carbocycles. The lowest BCUT2D eigenvalue weighted by atomic mass is 9.83. The minimum atomic E-state index is -0.836. The average Bonchev–Trinajstić information content (AvgIpc) is 2.11. The number of hydrogen-bond donors (Lipinski definition) is 2. The minimum absolute atomic E-state index is 0.163. The molecule has 2 N–H and O–H groups in total. The average molecular weight is 229 g/mol. The molecule has 0 radical (unpaired) electrons. The Hall–Kier alpha value is -0.610. The number of carboxylic acids is 1. The Morgan fingerprint density at radius 2 is 2.19 bits per heavy atom. The molecule has 1 rings (SSSR count). The van der Waals surface area contributed by atoms with E-state index in [0.29, 0.717) is 6.61 Å². The van der Waals surface area contributed by atoms with E-state index in [2.05, 4.69) is 5.32 Å². The summed E-state index contributed by atoms with van der Waals surface area (Å²) in [5.41, 5.74) is 0. The van der Waals surface area contributed by atoms with Crippen LogP contribution in [0.25, 0.3) is 0 Å². The Kier molecular flexibility index (Phi) is 5.77. The minimum Gasteiger partial charge on any atom is -0.480 e. The Bertz CT molecular complexity index is 214. The number of hydrogen-bond acceptors (Lipinski definition) is 3. The molecule has 0 saturated heterocycles. The maximum atomic E-state index is 10.9. The number of carbonyl (C=O) groups is 1. The summed E-state index contributed by atoms with van der Waals surface area (Å²) in [7, 11) is 0. The quantitative estimate of drug-likeness (QED) is 0.621. The molecule has 4 nitrogen and oxygen atoms in total. The van der Waals surface area contributed by atoms with Crippen LogP contribution in [0.4, 0.5) is 0 Å². The highest BCUT2D eigenvalue weighted by Gasteiger charge is 2.19. The molecule has 0 heterocycles. The Morgan fingerprint density at radius 1 is 1.50 bits per heavy atom. The molecule has 0 aliphatic heterocycles. The van der Waals surface area contributed by atoms with Crippen LogP contribution in [0.5, 0.6) is 0 Å². The highest BCUT2D eigenvalue weighted by Crippen LogP contribution is 2.29. The Balaban J connectivity index is 2.08. The maximum absolute atomic E-state index is 10.9. The van der Waals surface area contributed by atoms with E-state index < -0.39 is 12.0 Å². The van der Waals surface area contributed by atoms with Gasteiger partial charge in [0.25, 0.3) is 0 Å². The highest BCUT2D eigenvalue weighted by molar-refractivity contribution is 5.73. The predicted molar refractivity (Wildman–Crippen MR) is 62.5 cm³/mol. The molecule has 4 heteroatoms. The second-order valence-electron chi connectivity index (χ2n) is 4.87. The maximum Gasteiger partial charge on any atom is 0.323 e. The fourth-order valence-corrected chi connectivity index (χ4v) is 1.83. The summed E-state index contributed by atoms with van der Waals surface area (Å²) in [6.45, 7) is 4.82. The third kappa shape index (κ3) is 4.94. The van der Waals surface area contributed by atoms with Gasteiger partial charge in [-0.1, -0.05) is 33.1 Å². The third-order valence-corrected chi connectivity index (χ3v) is 3.01. The van der Waals surface area contributed by atoms with Gasteiger partial charge in [-0.25, -0.2) is 0 Å². The van der Waals surface area contributed by atoms with Crippen LogP contribution in [0.1, 0.15) is 39.5 Å². The molecule has 0 aromatic carbocycles. The van der Waals surface area contributed by atoms with Crippen LogP contribution >= 0.6 is 0 Å². The first-order chi connectivity index (χ1) is 7.59. The molecular weight excluding hydrogens is 206 g/mol. The van der Waals surface area contributed by atoms with Gasteiger partial charge in [-0.15, -0.1) is 0 Å². The van der Waals surface area contributed by atoms with E-state index in [0.717, 1.165) is 12.3 Å². The van der Waals surface area contributed by atoms with Gasteiger partial charge in [0, 0.05) is 12.6 Å². The highest BCUT2D eigenvalue weighted by atomic mass is 16.5. The molecule has 1 unspecified atom stereocenters. The molecule has 1 atom stereocenters. The van der Waals surface area contributed by atoms with Gasteiger partial charge in [0.2, 0.25) is 0 Å². The lowest BCUT2D eigenvalue weighted by Crippen LogP contribution is -2.44. The number of carboxylic acid groups (broad SMARTS) is 1. The van der Waals surface area contributed by atoms with E-state index in [4.69, 9.17) is 9.84 Å². The van der Waals surface area contributed by atoms with Crippen molar-refractivity contribution in [1.29, 1.82) is 0 Å². The van der Waals surface area contributed by atoms with Crippen LogP contribution in [0.3, 0.4) is 0 Å². The van der Waals surface area contributed by atoms with Crippen molar-refractivity contribution in [2.24, 2.45) is 5.92 Å². The van der Waals surface area contributed by atoms with Gasteiger partial charge in [0.1, 0.15) is 6.04 Å². The molecule has 1 aliphatic rings. The standard InChI is InChI=1S/C12H23NO3/c1-9(2)13-11(12(14)15)8-16-7-6-10-4-3-5-10/h9-11,13H,3-8H2,1-2H3,(H,14,15). The summed E-state index contributed by atoms with van der Waals surface area (Å²) < 4.78 is 5.42. The summed E-state index contributed by atoms with van der Waals surface area (Å²) in [5.74, 6) is -0.0151. The third-order valence-electron chi connectivity index (χ3n) is 3.01. The molecule has 0 amide bonds. The fraction of sp³-hybridized carbons (Fsp3) is 0.917. The zero-order valence-electron chi connectivity index (χ0n) is 10.2. The second kappa shape index (κ2) is 6.86. The van der Waals surface area contributed by atoms with Crippen LogP contribution in [0, 0.1) is 5.92 Å². The van der Waals surface area contributed by atoms with Gasteiger partial charge >= 0.3 is 5.97 Å². The van der Waals surface area contributed by atoms with Crippen LogP contribution in [0.2, 0.25) is 0 Å². The molecule has 0 spiro atoms. The van der Waals surface area contributed by atoms with Gasteiger partial charge in [-0.3, -0.25) is 4.79 Å². The Morgan fingerprint density at radius 3 is 2.62 bits per heavy atom. The zero-order chi connectivity index (χ0) is 12.0.